The van der Waals surface area contributed by atoms with Crippen molar-refractivity contribution >= 4 is 22.8 Å². The third-order valence-electron chi connectivity index (χ3n) is 6.93. The largest absolute Gasteiger partial charge is 0.373 e. The van der Waals surface area contributed by atoms with Crippen molar-refractivity contribution in [1.82, 2.24) is 24.7 Å². The van der Waals surface area contributed by atoms with Gasteiger partial charge in [-0.1, -0.05) is 11.6 Å². The number of benzene rings is 1. The standard InChI is InChI=1S/C26H25ClFN5O/c1-14-15(2)31-26-25(30-14)21(11-23(32-26)20-6-3-18(27)10-22(20)28)16-7-8-34-24(9-16)17-12-29-33(13-17)19-4-5-19/h3,6,10-13,16,19,24H,4-5,7-9H2,1-2H3/t16-,24-/m0/s1. The van der Waals surface area contributed by atoms with Crippen LogP contribution in [-0.4, -0.2) is 31.3 Å². The number of pyridine rings is 1. The van der Waals surface area contributed by atoms with Crippen molar-refractivity contribution < 1.29 is 9.13 Å². The van der Waals surface area contributed by atoms with E-state index in [0.29, 0.717) is 34.6 Å². The van der Waals surface area contributed by atoms with Crippen LogP contribution in [0.5, 0.6) is 0 Å². The van der Waals surface area contributed by atoms with Gasteiger partial charge in [-0.25, -0.2) is 19.3 Å². The Hall–Kier alpha value is -2.90. The first-order chi connectivity index (χ1) is 16.5. The molecule has 1 aromatic carbocycles. The van der Waals surface area contributed by atoms with Crippen LogP contribution in [0.25, 0.3) is 22.4 Å². The number of ether oxygens (including phenoxy) is 1. The van der Waals surface area contributed by atoms with E-state index in [-0.39, 0.29) is 12.0 Å². The van der Waals surface area contributed by atoms with Crippen molar-refractivity contribution in [3.8, 4) is 11.3 Å². The molecule has 6 nitrogen and oxygen atoms in total. The maximum atomic E-state index is 14.8. The molecule has 2 aliphatic rings. The predicted molar refractivity (Wildman–Crippen MR) is 128 cm³/mol. The van der Waals surface area contributed by atoms with Gasteiger partial charge >= 0.3 is 0 Å². The first kappa shape index (κ1) is 21.6. The molecule has 0 bridgehead atoms. The molecule has 8 heteroatoms. The van der Waals surface area contributed by atoms with Crippen LogP contribution in [0.15, 0.2) is 36.7 Å². The lowest BCUT2D eigenvalue weighted by Gasteiger charge is -2.30. The van der Waals surface area contributed by atoms with E-state index in [4.69, 9.17) is 31.3 Å². The highest BCUT2D eigenvalue weighted by Crippen LogP contribution is 2.42. The van der Waals surface area contributed by atoms with Gasteiger partial charge in [0, 0.05) is 29.0 Å². The Morgan fingerprint density at radius 3 is 2.68 bits per heavy atom. The predicted octanol–water partition coefficient (Wildman–Crippen LogP) is 6.27. The second-order valence-corrected chi connectivity index (χ2v) is 9.79. The molecule has 6 rings (SSSR count). The first-order valence-corrected chi connectivity index (χ1v) is 12.1. The molecule has 1 aliphatic heterocycles. The molecule has 2 fully saturated rings. The molecule has 2 atom stereocenters. The van der Waals surface area contributed by atoms with Gasteiger partial charge in [-0.3, -0.25) is 4.68 Å². The molecule has 34 heavy (non-hydrogen) atoms. The summed E-state index contributed by atoms with van der Waals surface area (Å²) in [7, 11) is 0. The zero-order valence-corrected chi connectivity index (χ0v) is 19.9. The van der Waals surface area contributed by atoms with E-state index < -0.39 is 5.82 Å². The van der Waals surface area contributed by atoms with Gasteiger partial charge in [-0.05, 0) is 75.3 Å². The first-order valence-electron chi connectivity index (χ1n) is 11.7. The molecule has 0 unspecified atom stereocenters. The molecule has 3 aromatic heterocycles. The van der Waals surface area contributed by atoms with Gasteiger partial charge in [0.05, 0.1) is 35.4 Å². The number of nitrogens with zero attached hydrogens (tertiary/aromatic N) is 5. The Morgan fingerprint density at radius 1 is 1.06 bits per heavy atom. The third kappa shape index (κ3) is 3.97. The Morgan fingerprint density at radius 2 is 1.88 bits per heavy atom. The highest BCUT2D eigenvalue weighted by Gasteiger charge is 2.30. The average Bonchev–Trinajstić information content (AvgIpc) is 3.56. The fourth-order valence-corrected chi connectivity index (χ4v) is 4.90. The van der Waals surface area contributed by atoms with Crippen LogP contribution in [0, 0.1) is 19.7 Å². The van der Waals surface area contributed by atoms with Gasteiger partial charge in [0.15, 0.2) is 5.65 Å². The topological polar surface area (TPSA) is 65.7 Å². The van der Waals surface area contributed by atoms with Gasteiger partial charge in [-0.15, -0.1) is 0 Å². The summed E-state index contributed by atoms with van der Waals surface area (Å²) in [5.41, 5.74) is 6.09. The molecule has 0 radical (unpaired) electrons. The van der Waals surface area contributed by atoms with Crippen molar-refractivity contribution in [3.63, 3.8) is 0 Å². The van der Waals surface area contributed by atoms with Crippen LogP contribution in [-0.2, 0) is 4.74 Å². The second kappa shape index (κ2) is 8.40. The van der Waals surface area contributed by atoms with Crippen molar-refractivity contribution in [2.24, 2.45) is 0 Å². The summed E-state index contributed by atoms with van der Waals surface area (Å²) in [4.78, 5) is 14.3. The Labute approximate surface area is 202 Å². The van der Waals surface area contributed by atoms with Crippen molar-refractivity contribution in [2.75, 3.05) is 6.61 Å². The summed E-state index contributed by atoms with van der Waals surface area (Å²) < 4.78 is 23.0. The number of aryl methyl sites for hydroxylation is 2. The molecule has 1 saturated carbocycles. The fourth-order valence-electron chi connectivity index (χ4n) is 4.74. The molecule has 0 amide bonds. The van der Waals surface area contributed by atoms with Crippen LogP contribution in [0.4, 0.5) is 4.39 Å². The van der Waals surface area contributed by atoms with Crippen LogP contribution >= 0.6 is 11.6 Å². The van der Waals surface area contributed by atoms with E-state index in [0.717, 1.165) is 40.9 Å². The molecular weight excluding hydrogens is 453 g/mol. The highest BCUT2D eigenvalue weighted by atomic mass is 35.5. The molecule has 4 aromatic rings. The van der Waals surface area contributed by atoms with E-state index in [1.807, 2.05) is 26.1 Å². The zero-order valence-electron chi connectivity index (χ0n) is 19.1. The molecule has 0 N–H and O–H groups in total. The number of hydrogen-bond donors (Lipinski definition) is 0. The normalized spacial score (nSPS) is 20.7. The van der Waals surface area contributed by atoms with Gasteiger partial charge in [0.2, 0.25) is 0 Å². The van der Waals surface area contributed by atoms with E-state index in [9.17, 15) is 4.39 Å². The maximum absolute atomic E-state index is 14.8. The minimum atomic E-state index is -0.403. The summed E-state index contributed by atoms with van der Waals surface area (Å²) in [5, 5.41) is 4.90. The minimum absolute atomic E-state index is 0.0373. The lowest BCUT2D eigenvalue weighted by atomic mass is 9.86. The van der Waals surface area contributed by atoms with E-state index >= 15 is 0 Å². The van der Waals surface area contributed by atoms with Gasteiger partial charge < -0.3 is 4.74 Å². The van der Waals surface area contributed by atoms with Gasteiger partial charge in [0.1, 0.15) is 11.3 Å². The molecule has 174 valence electrons. The lowest BCUT2D eigenvalue weighted by Crippen LogP contribution is -2.19. The number of hydrogen-bond acceptors (Lipinski definition) is 5. The van der Waals surface area contributed by atoms with E-state index in [1.165, 1.54) is 18.9 Å². The van der Waals surface area contributed by atoms with Gasteiger partial charge in [0.25, 0.3) is 0 Å². The van der Waals surface area contributed by atoms with Crippen molar-refractivity contribution in [3.05, 3.63) is 70.0 Å². The highest BCUT2D eigenvalue weighted by molar-refractivity contribution is 6.30. The summed E-state index contributed by atoms with van der Waals surface area (Å²) in [6, 6.07) is 7.17. The lowest BCUT2D eigenvalue weighted by molar-refractivity contribution is 0.00540. The SMILES string of the molecule is Cc1nc2nc(-c3ccc(Cl)cc3F)cc([C@H]3CCO[C@H](c4cnn(C5CC5)c4)C3)c2nc1C. The number of rotatable bonds is 4. The zero-order chi connectivity index (χ0) is 23.4. The molecule has 1 aliphatic carbocycles. The Bertz CT molecular complexity index is 1400. The maximum Gasteiger partial charge on any atom is 0.179 e. The van der Waals surface area contributed by atoms with Gasteiger partial charge in [-0.2, -0.15) is 5.10 Å². The fraction of sp³-hybridized carbons (Fsp3) is 0.385. The molecule has 0 spiro atoms. The summed E-state index contributed by atoms with van der Waals surface area (Å²) in [6.45, 7) is 4.51. The second-order valence-electron chi connectivity index (χ2n) is 9.35. The van der Waals surface area contributed by atoms with Crippen LogP contribution in [0.1, 0.15) is 66.3 Å². The summed E-state index contributed by atoms with van der Waals surface area (Å²) >= 11 is 5.99. The average molecular weight is 478 g/mol. The van der Waals surface area contributed by atoms with Crippen molar-refractivity contribution in [1.29, 1.82) is 0 Å². The monoisotopic (exact) mass is 477 g/mol. The van der Waals surface area contributed by atoms with Crippen LogP contribution < -0.4 is 0 Å². The number of halogens is 2. The number of fused-ring (bicyclic) bond motifs is 1. The number of aromatic nitrogens is 5. The third-order valence-corrected chi connectivity index (χ3v) is 7.16. The van der Waals surface area contributed by atoms with E-state index in [1.54, 1.807) is 12.1 Å². The molecular formula is C26H25ClFN5O. The molecule has 4 heterocycles. The van der Waals surface area contributed by atoms with Crippen LogP contribution in [0.3, 0.4) is 0 Å². The summed E-state index contributed by atoms with van der Waals surface area (Å²) in [5.74, 6) is -0.224. The van der Waals surface area contributed by atoms with Crippen molar-refractivity contribution in [2.45, 2.75) is 57.6 Å². The van der Waals surface area contributed by atoms with Crippen LogP contribution in [0.2, 0.25) is 5.02 Å². The minimum Gasteiger partial charge on any atom is -0.373 e. The summed E-state index contributed by atoms with van der Waals surface area (Å²) in [6.07, 6.45) is 8.05. The van der Waals surface area contributed by atoms with E-state index in [2.05, 4.69) is 16.0 Å². The Kier molecular flexibility index (Phi) is 5.34. The Balaban J connectivity index is 1.43. The molecule has 1 saturated heterocycles. The smallest absolute Gasteiger partial charge is 0.179 e. The quantitative estimate of drug-likeness (QED) is 0.346.